The van der Waals surface area contributed by atoms with Crippen molar-refractivity contribution in [2.75, 3.05) is 32.8 Å². The van der Waals surface area contributed by atoms with Gasteiger partial charge < -0.3 is 14.8 Å². The number of nitrogens with zero attached hydrogens (tertiary/aromatic N) is 1. The summed E-state index contributed by atoms with van der Waals surface area (Å²) in [6.07, 6.45) is 1.31. The number of carbonyl (C=O) groups excluding carboxylic acids is 3. The van der Waals surface area contributed by atoms with E-state index in [4.69, 9.17) is 9.47 Å². The molecule has 0 bridgehead atoms. The van der Waals surface area contributed by atoms with E-state index in [-0.39, 0.29) is 36.9 Å². The first-order chi connectivity index (χ1) is 15.6. The van der Waals surface area contributed by atoms with Crippen molar-refractivity contribution in [1.82, 2.24) is 9.62 Å². The molecule has 9 nitrogen and oxygen atoms in total. The zero-order valence-corrected chi connectivity index (χ0v) is 20.4. The normalized spacial score (nSPS) is 15.3. The lowest BCUT2D eigenvalue weighted by Gasteiger charge is -2.30. The van der Waals surface area contributed by atoms with Crippen LogP contribution in [0.4, 0.5) is 0 Å². The summed E-state index contributed by atoms with van der Waals surface area (Å²) in [5.41, 5.74) is 1.07. The van der Waals surface area contributed by atoms with Gasteiger partial charge in [0, 0.05) is 26.1 Å². The smallest absolute Gasteiger partial charge is 0.309 e. The molecule has 1 aromatic carbocycles. The zero-order valence-electron chi connectivity index (χ0n) is 19.5. The summed E-state index contributed by atoms with van der Waals surface area (Å²) in [7, 11) is -3.62. The van der Waals surface area contributed by atoms with Gasteiger partial charge in [-0.3, -0.25) is 14.4 Å². The van der Waals surface area contributed by atoms with E-state index in [0.717, 1.165) is 5.56 Å². The van der Waals surface area contributed by atoms with Gasteiger partial charge >= 0.3 is 11.9 Å². The van der Waals surface area contributed by atoms with E-state index >= 15 is 0 Å². The van der Waals surface area contributed by atoms with Gasteiger partial charge in [0.2, 0.25) is 10.0 Å². The fraction of sp³-hybridized carbons (Fsp3) is 0.609. The molecule has 1 N–H and O–H groups in total. The molecule has 184 valence electrons. The summed E-state index contributed by atoms with van der Waals surface area (Å²) in [4.78, 5) is 35.6. The lowest BCUT2D eigenvalue weighted by Crippen LogP contribution is -2.41. The molecule has 33 heavy (non-hydrogen) atoms. The van der Waals surface area contributed by atoms with Crippen molar-refractivity contribution in [3.05, 3.63) is 29.8 Å². The molecule has 1 heterocycles. The second-order valence-corrected chi connectivity index (χ2v) is 10.2. The third kappa shape index (κ3) is 8.12. The highest BCUT2D eigenvalue weighted by Gasteiger charge is 2.33. The predicted octanol–water partition coefficient (Wildman–Crippen LogP) is 2.21. The monoisotopic (exact) mass is 482 g/mol. The average molecular weight is 483 g/mol. The van der Waals surface area contributed by atoms with Crippen molar-refractivity contribution in [2.45, 2.75) is 57.3 Å². The molecule has 1 saturated heterocycles. The number of hydrogen-bond acceptors (Lipinski definition) is 7. The second-order valence-electron chi connectivity index (χ2n) is 8.27. The molecule has 1 aliphatic rings. The number of esters is 2. The molecular formula is C23H34N2O7S. The summed E-state index contributed by atoms with van der Waals surface area (Å²) in [6, 6.07) is 6.89. The Morgan fingerprint density at radius 2 is 1.73 bits per heavy atom. The van der Waals surface area contributed by atoms with E-state index in [1.165, 1.54) is 4.31 Å². The van der Waals surface area contributed by atoms with Gasteiger partial charge in [-0.1, -0.05) is 26.0 Å². The first kappa shape index (κ1) is 26.8. The van der Waals surface area contributed by atoms with Crippen molar-refractivity contribution < 1.29 is 32.3 Å². The minimum Gasteiger partial charge on any atom is -0.466 e. The first-order valence-electron chi connectivity index (χ1n) is 11.3. The Hall–Kier alpha value is -2.46. The van der Waals surface area contributed by atoms with Gasteiger partial charge in [0.05, 0.1) is 17.4 Å². The van der Waals surface area contributed by atoms with Crippen molar-refractivity contribution >= 4 is 27.9 Å². The third-order valence-corrected chi connectivity index (χ3v) is 7.42. The number of amides is 1. The number of sulfonamides is 1. The highest BCUT2D eigenvalue weighted by Crippen LogP contribution is 2.25. The summed E-state index contributed by atoms with van der Waals surface area (Å²) < 4.78 is 37.1. The van der Waals surface area contributed by atoms with E-state index in [0.29, 0.717) is 31.8 Å². The standard InChI is InChI=1S/C23H34N2O7S/c1-4-31-22(27)6-5-13-24-21(26)16-32-23(28)19-11-14-25(15-12-19)33(29,30)20-9-7-18(8-10-20)17(2)3/h7-10,17,19H,4-6,11-16H2,1-3H3,(H,24,26). The molecule has 0 aromatic heterocycles. The van der Waals surface area contributed by atoms with Crippen molar-refractivity contribution in [1.29, 1.82) is 0 Å². The van der Waals surface area contributed by atoms with Gasteiger partial charge in [-0.05, 0) is 49.8 Å². The fourth-order valence-electron chi connectivity index (χ4n) is 3.50. The summed E-state index contributed by atoms with van der Waals surface area (Å²) >= 11 is 0. The maximum absolute atomic E-state index is 12.9. The van der Waals surface area contributed by atoms with Crippen molar-refractivity contribution in [2.24, 2.45) is 5.92 Å². The van der Waals surface area contributed by atoms with Crippen LogP contribution in [0.3, 0.4) is 0 Å². The van der Waals surface area contributed by atoms with Crippen LogP contribution in [0.2, 0.25) is 0 Å². The quantitative estimate of drug-likeness (QED) is 0.379. The second kappa shape index (κ2) is 12.7. The number of carbonyl (C=O) groups is 3. The van der Waals surface area contributed by atoms with E-state index in [1.54, 1.807) is 19.1 Å². The van der Waals surface area contributed by atoms with Crippen LogP contribution in [0.1, 0.15) is 57.9 Å². The topological polar surface area (TPSA) is 119 Å². The van der Waals surface area contributed by atoms with E-state index in [1.807, 2.05) is 26.0 Å². The van der Waals surface area contributed by atoms with Crippen LogP contribution < -0.4 is 5.32 Å². The van der Waals surface area contributed by atoms with E-state index < -0.39 is 34.4 Å². The Balaban J connectivity index is 1.73. The Kier molecular flexibility index (Phi) is 10.3. The van der Waals surface area contributed by atoms with Crippen molar-refractivity contribution in [3.63, 3.8) is 0 Å². The Labute approximate surface area is 195 Å². The number of hydrogen-bond donors (Lipinski definition) is 1. The Morgan fingerprint density at radius 1 is 1.09 bits per heavy atom. The number of rotatable bonds is 11. The number of nitrogens with one attached hydrogen (secondary N) is 1. The minimum atomic E-state index is -3.62. The van der Waals surface area contributed by atoms with Crippen LogP contribution in [0.25, 0.3) is 0 Å². The maximum Gasteiger partial charge on any atom is 0.309 e. The van der Waals surface area contributed by atoms with Gasteiger partial charge in [0.15, 0.2) is 6.61 Å². The number of ether oxygens (including phenoxy) is 2. The molecule has 1 amide bonds. The van der Waals surface area contributed by atoms with Crippen LogP contribution in [0, 0.1) is 5.92 Å². The summed E-state index contributed by atoms with van der Waals surface area (Å²) in [5, 5.41) is 2.58. The average Bonchev–Trinajstić information content (AvgIpc) is 2.80. The zero-order chi connectivity index (χ0) is 24.4. The molecule has 0 saturated carbocycles. The molecule has 0 atom stereocenters. The lowest BCUT2D eigenvalue weighted by atomic mass is 9.98. The lowest BCUT2D eigenvalue weighted by molar-refractivity contribution is -0.153. The highest BCUT2D eigenvalue weighted by atomic mass is 32.2. The molecule has 0 aliphatic carbocycles. The Morgan fingerprint density at radius 3 is 2.30 bits per heavy atom. The largest absolute Gasteiger partial charge is 0.466 e. The molecule has 10 heteroatoms. The van der Waals surface area contributed by atoms with Crippen LogP contribution in [-0.2, 0) is 33.9 Å². The SMILES string of the molecule is CCOC(=O)CCCNC(=O)COC(=O)C1CCN(S(=O)(=O)c2ccc(C(C)C)cc2)CC1. The van der Waals surface area contributed by atoms with Gasteiger partial charge in [0.25, 0.3) is 5.91 Å². The summed E-state index contributed by atoms with van der Waals surface area (Å²) in [5.74, 6) is -1.40. The fourth-order valence-corrected chi connectivity index (χ4v) is 4.97. The van der Waals surface area contributed by atoms with Gasteiger partial charge in [-0.15, -0.1) is 0 Å². The predicted molar refractivity (Wildman–Crippen MR) is 122 cm³/mol. The van der Waals surface area contributed by atoms with E-state index in [9.17, 15) is 22.8 Å². The Bertz CT molecular complexity index is 905. The molecule has 0 radical (unpaired) electrons. The molecule has 1 aliphatic heterocycles. The molecule has 1 fully saturated rings. The van der Waals surface area contributed by atoms with E-state index in [2.05, 4.69) is 5.32 Å². The minimum absolute atomic E-state index is 0.206. The van der Waals surface area contributed by atoms with Crippen molar-refractivity contribution in [3.8, 4) is 0 Å². The summed E-state index contributed by atoms with van der Waals surface area (Å²) in [6.45, 7) is 6.44. The molecule has 1 aromatic rings. The van der Waals surface area contributed by atoms with Gasteiger partial charge in [-0.25, -0.2) is 8.42 Å². The van der Waals surface area contributed by atoms with Gasteiger partial charge in [0.1, 0.15) is 0 Å². The van der Waals surface area contributed by atoms with Gasteiger partial charge in [-0.2, -0.15) is 4.31 Å². The first-order valence-corrected chi connectivity index (χ1v) is 12.8. The third-order valence-electron chi connectivity index (χ3n) is 5.50. The van der Waals surface area contributed by atoms with Crippen LogP contribution in [-0.4, -0.2) is 63.4 Å². The van der Waals surface area contributed by atoms with Crippen LogP contribution in [0.5, 0.6) is 0 Å². The highest BCUT2D eigenvalue weighted by molar-refractivity contribution is 7.89. The number of piperidine rings is 1. The van der Waals surface area contributed by atoms with Crippen LogP contribution >= 0.6 is 0 Å². The molecule has 0 unspecified atom stereocenters. The molecule has 2 rings (SSSR count). The number of benzene rings is 1. The molecule has 0 spiro atoms. The van der Waals surface area contributed by atoms with Crippen LogP contribution in [0.15, 0.2) is 29.2 Å². The maximum atomic E-state index is 12.9. The molecular weight excluding hydrogens is 448 g/mol.